The van der Waals surface area contributed by atoms with Crippen LogP contribution in [0.5, 0.6) is 0 Å². The molecular weight excluding hydrogens is 396 g/mol. The molecule has 6 nitrogen and oxygen atoms in total. The summed E-state index contributed by atoms with van der Waals surface area (Å²) in [5, 5.41) is 0. The molecule has 0 atom stereocenters. The molecule has 0 fully saturated rings. The van der Waals surface area contributed by atoms with Gasteiger partial charge in [0, 0.05) is 50.2 Å². The highest BCUT2D eigenvalue weighted by Gasteiger charge is 2.15. The predicted octanol–water partition coefficient (Wildman–Crippen LogP) is 4.61. The average molecular weight is 437 g/mol. The topological polar surface area (TPSA) is 40.4 Å². The Morgan fingerprint density at radius 2 is 1.47 bits per heavy atom. The van der Waals surface area contributed by atoms with Crippen LogP contribution >= 0.6 is 0 Å². The molecule has 6 heteroatoms. The molecule has 0 N–H and O–H groups in total. The van der Waals surface area contributed by atoms with Crippen molar-refractivity contribution in [2.24, 2.45) is 0 Å². The van der Waals surface area contributed by atoms with Gasteiger partial charge in [-0.2, -0.15) is 0 Å². The summed E-state index contributed by atoms with van der Waals surface area (Å²) in [7, 11) is 0. The van der Waals surface area contributed by atoms with Crippen LogP contribution in [0.4, 0.5) is 5.69 Å². The van der Waals surface area contributed by atoms with Crippen molar-refractivity contribution >= 4 is 16.7 Å². The average Bonchev–Trinajstić information content (AvgIpc) is 3.22. The van der Waals surface area contributed by atoms with Crippen LogP contribution in [0.2, 0.25) is 0 Å². The molecule has 0 saturated heterocycles. The van der Waals surface area contributed by atoms with Gasteiger partial charge in [0.1, 0.15) is 5.82 Å². The summed E-state index contributed by atoms with van der Waals surface area (Å²) < 4.78 is 2.26. The smallest absolute Gasteiger partial charge is 0.141 e. The van der Waals surface area contributed by atoms with Gasteiger partial charge in [0.25, 0.3) is 0 Å². The molecule has 2 aromatic heterocycles. The van der Waals surface area contributed by atoms with Crippen molar-refractivity contribution in [2.45, 2.75) is 41.2 Å². The SMILES string of the molecule is CCN(CC)CCN(CCN(CC)CC)c1cccc(-c2nc3ccncc3n2CC)c1. The van der Waals surface area contributed by atoms with Crippen molar-refractivity contribution in [3.63, 3.8) is 0 Å². The molecular formula is C26H40N6. The Morgan fingerprint density at radius 3 is 2.06 bits per heavy atom. The maximum absolute atomic E-state index is 4.94. The second kappa shape index (κ2) is 12.0. The Bertz CT molecular complexity index is 942. The van der Waals surface area contributed by atoms with E-state index in [0.717, 1.165) is 81.3 Å². The Labute approximate surface area is 193 Å². The fourth-order valence-electron chi connectivity index (χ4n) is 4.33. The summed E-state index contributed by atoms with van der Waals surface area (Å²) >= 11 is 0. The van der Waals surface area contributed by atoms with E-state index in [9.17, 15) is 0 Å². The second-order valence-corrected chi connectivity index (χ2v) is 8.14. The summed E-state index contributed by atoms with van der Waals surface area (Å²) in [6, 6.07) is 10.9. The Hall–Kier alpha value is -2.44. The summed E-state index contributed by atoms with van der Waals surface area (Å²) in [4.78, 5) is 16.8. The third-order valence-electron chi connectivity index (χ3n) is 6.50. The zero-order valence-electron chi connectivity index (χ0n) is 20.6. The van der Waals surface area contributed by atoms with Crippen molar-refractivity contribution in [1.82, 2.24) is 24.3 Å². The van der Waals surface area contributed by atoms with Gasteiger partial charge >= 0.3 is 0 Å². The molecule has 0 bridgehead atoms. The van der Waals surface area contributed by atoms with Gasteiger partial charge in [0.05, 0.1) is 17.2 Å². The number of hydrogen-bond donors (Lipinski definition) is 0. The van der Waals surface area contributed by atoms with E-state index in [1.165, 1.54) is 5.69 Å². The summed E-state index contributed by atoms with van der Waals surface area (Å²) in [6.07, 6.45) is 3.73. The highest BCUT2D eigenvalue weighted by Crippen LogP contribution is 2.27. The lowest BCUT2D eigenvalue weighted by molar-refractivity contribution is 0.294. The predicted molar refractivity (Wildman–Crippen MR) is 136 cm³/mol. The van der Waals surface area contributed by atoms with Crippen molar-refractivity contribution in [3.05, 3.63) is 42.7 Å². The number of rotatable bonds is 13. The molecule has 0 unspecified atom stereocenters. The number of benzene rings is 1. The molecule has 32 heavy (non-hydrogen) atoms. The number of anilines is 1. The fraction of sp³-hybridized carbons (Fsp3) is 0.538. The number of imidazole rings is 1. The number of aryl methyl sites for hydroxylation is 1. The van der Waals surface area contributed by atoms with E-state index < -0.39 is 0 Å². The third-order valence-corrected chi connectivity index (χ3v) is 6.50. The third kappa shape index (κ3) is 5.67. The van der Waals surface area contributed by atoms with E-state index in [4.69, 9.17) is 4.98 Å². The lowest BCUT2D eigenvalue weighted by Crippen LogP contribution is -2.40. The van der Waals surface area contributed by atoms with E-state index in [1.54, 1.807) is 0 Å². The van der Waals surface area contributed by atoms with Crippen molar-refractivity contribution in [2.75, 3.05) is 57.3 Å². The van der Waals surface area contributed by atoms with Gasteiger partial charge in [-0.25, -0.2) is 4.98 Å². The number of hydrogen-bond acceptors (Lipinski definition) is 5. The largest absolute Gasteiger partial charge is 0.369 e. The normalized spacial score (nSPS) is 11.7. The highest BCUT2D eigenvalue weighted by atomic mass is 15.2. The first kappa shape index (κ1) is 24.2. The number of fused-ring (bicyclic) bond motifs is 1. The van der Waals surface area contributed by atoms with Crippen LogP contribution in [0, 0.1) is 0 Å². The molecule has 0 spiro atoms. The highest BCUT2D eigenvalue weighted by molar-refractivity contribution is 5.80. The monoisotopic (exact) mass is 436 g/mol. The molecule has 2 heterocycles. The van der Waals surface area contributed by atoms with Crippen molar-refractivity contribution in [1.29, 1.82) is 0 Å². The molecule has 174 valence electrons. The van der Waals surface area contributed by atoms with E-state index in [0.29, 0.717) is 0 Å². The molecule has 3 aromatic rings. The first-order valence-electron chi connectivity index (χ1n) is 12.2. The fourth-order valence-corrected chi connectivity index (χ4v) is 4.33. The van der Waals surface area contributed by atoms with Gasteiger partial charge in [-0.05, 0) is 51.3 Å². The molecule has 0 saturated carbocycles. The maximum Gasteiger partial charge on any atom is 0.141 e. The van der Waals surface area contributed by atoms with Gasteiger partial charge < -0.3 is 19.3 Å². The quantitative estimate of drug-likeness (QED) is 0.391. The molecule has 3 rings (SSSR count). The summed E-state index contributed by atoms with van der Waals surface area (Å²) in [6.45, 7) is 20.6. The minimum absolute atomic E-state index is 0.870. The molecule has 0 radical (unpaired) electrons. The van der Waals surface area contributed by atoms with Crippen molar-refractivity contribution in [3.8, 4) is 11.4 Å². The number of aromatic nitrogens is 3. The van der Waals surface area contributed by atoms with Crippen LogP contribution in [0.1, 0.15) is 34.6 Å². The molecule has 0 aliphatic heterocycles. The zero-order chi connectivity index (χ0) is 22.9. The lowest BCUT2D eigenvalue weighted by atomic mass is 10.1. The Morgan fingerprint density at radius 1 is 0.812 bits per heavy atom. The lowest BCUT2D eigenvalue weighted by Gasteiger charge is -2.30. The van der Waals surface area contributed by atoms with Gasteiger partial charge in [0.2, 0.25) is 0 Å². The van der Waals surface area contributed by atoms with Crippen LogP contribution in [-0.4, -0.2) is 76.7 Å². The minimum Gasteiger partial charge on any atom is -0.369 e. The van der Waals surface area contributed by atoms with Crippen LogP contribution in [0.25, 0.3) is 22.4 Å². The van der Waals surface area contributed by atoms with E-state index >= 15 is 0 Å². The molecule has 0 aliphatic carbocycles. The number of pyridine rings is 1. The molecule has 0 amide bonds. The zero-order valence-corrected chi connectivity index (χ0v) is 20.6. The Kier molecular flexibility index (Phi) is 9.06. The minimum atomic E-state index is 0.870. The maximum atomic E-state index is 4.94. The standard InChI is InChI=1S/C26H40N6/c1-6-29(7-2)16-18-31(19-17-30(8-3)9-4)23-13-11-12-22(20-23)26-28-24-14-15-27-21-25(24)32(26)10-5/h11-15,20-21H,6-10,16-19H2,1-5H3. The van der Waals surface area contributed by atoms with Crippen LogP contribution < -0.4 is 4.90 Å². The second-order valence-electron chi connectivity index (χ2n) is 8.14. The summed E-state index contributed by atoms with van der Waals surface area (Å²) in [5.74, 6) is 1.02. The van der Waals surface area contributed by atoms with Gasteiger partial charge in [-0.3, -0.25) is 4.98 Å². The summed E-state index contributed by atoms with van der Waals surface area (Å²) in [5.41, 5.74) is 4.53. The van der Waals surface area contributed by atoms with Gasteiger partial charge in [-0.1, -0.05) is 39.8 Å². The van der Waals surface area contributed by atoms with E-state index in [1.807, 2.05) is 18.5 Å². The first-order valence-corrected chi connectivity index (χ1v) is 12.2. The van der Waals surface area contributed by atoms with Gasteiger partial charge in [-0.15, -0.1) is 0 Å². The van der Waals surface area contributed by atoms with Crippen LogP contribution in [-0.2, 0) is 6.54 Å². The van der Waals surface area contributed by atoms with Crippen LogP contribution in [0.15, 0.2) is 42.7 Å². The van der Waals surface area contributed by atoms with Gasteiger partial charge in [0.15, 0.2) is 0 Å². The molecule has 0 aliphatic rings. The van der Waals surface area contributed by atoms with Crippen molar-refractivity contribution < 1.29 is 0 Å². The Balaban J connectivity index is 1.91. The first-order chi connectivity index (χ1) is 15.6. The number of likely N-dealkylation sites (N-methyl/N-ethyl adjacent to an activating group) is 2. The number of nitrogens with zero attached hydrogens (tertiary/aromatic N) is 6. The van der Waals surface area contributed by atoms with Crippen LogP contribution in [0.3, 0.4) is 0 Å². The van der Waals surface area contributed by atoms with E-state index in [-0.39, 0.29) is 0 Å². The molecule has 1 aromatic carbocycles. The van der Waals surface area contributed by atoms with E-state index in [2.05, 4.69) is 83.1 Å².